The number of aliphatic hydroxyl groups is 1. The van der Waals surface area contributed by atoms with Gasteiger partial charge >= 0.3 is 0 Å². The number of carbonyl (C=O) groups excluding carboxylic acids is 1. The fraction of sp³-hybridized carbons (Fsp3) is 0.400. The highest BCUT2D eigenvalue weighted by molar-refractivity contribution is 5.85. The zero-order valence-corrected chi connectivity index (χ0v) is 11.7. The quantitative estimate of drug-likeness (QED) is 0.869. The number of hydrogen-bond donors (Lipinski definition) is 1. The highest BCUT2D eigenvalue weighted by Gasteiger charge is 2.37. The SMILES string of the molecule is COc1cccc2c1C(CO)N1C(=O)CN(C)CC1=C2. The highest BCUT2D eigenvalue weighted by Crippen LogP contribution is 2.40. The molecule has 2 aliphatic heterocycles. The van der Waals surface area contributed by atoms with Crippen LogP contribution in [-0.2, 0) is 4.79 Å². The van der Waals surface area contributed by atoms with E-state index >= 15 is 0 Å². The molecule has 1 unspecified atom stereocenters. The molecule has 0 radical (unpaired) electrons. The summed E-state index contributed by atoms with van der Waals surface area (Å²) >= 11 is 0. The first kappa shape index (κ1) is 13.1. The Balaban J connectivity index is 2.16. The third-order valence-corrected chi connectivity index (χ3v) is 3.87. The summed E-state index contributed by atoms with van der Waals surface area (Å²) in [5, 5.41) is 9.79. The van der Waals surface area contributed by atoms with Crippen LogP contribution in [0.15, 0.2) is 23.9 Å². The van der Waals surface area contributed by atoms with Crippen molar-refractivity contribution in [3.05, 3.63) is 35.0 Å². The summed E-state index contributed by atoms with van der Waals surface area (Å²) in [5.41, 5.74) is 2.83. The first-order chi connectivity index (χ1) is 9.65. The smallest absolute Gasteiger partial charge is 0.241 e. The topological polar surface area (TPSA) is 53.0 Å². The molecular weight excluding hydrogens is 256 g/mol. The van der Waals surface area contributed by atoms with E-state index in [4.69, 9.17) is 4.74 Å². The van der Waals surface area contributed by atoms with Gasteiger partial charge in [0.2, 0.25) is 5.91 Å². The van der Waals surface area contributed by atoms with E-state index in [1.54, 1.807) is 12.0 Å². The number of fused-ring (bicyclic) bond motifs is 2. The van der Waals surface area contributed by atoms with Gasteiger partial charge in [0.25, 0.3) is 0 Å². The molecule has 0 aromatic heterocycles. The van der Waals surface area contributed by atoms with Crippen LogP contribution in [0.5, 0.6) is 5.75 Å². The molecule has 1 aromatic rings. The number of likely N-dealkylation sites (N-methyl/N-ethyl adjacent to an activating group) is 1. The number of ether oxygens (including phenoxy) is 1. The Hall–Kier alpha value is -1.85. The zero-order chi connectivity index (χ0) is 14.3. The molecule has 1 fully saturated rings. The number of benzene rings is 1. The average Bonchev–Trinajstić information content (AvgIpc) is 2.43. The largest absolute Gasteiger partial charge is 0.496 e. The lowest BCUT2D eigenvalue weighted by Gasteiger charge is -2.42. The van der Waals surface area contributed by atoms with Crippen LogP contribution in [0.3, 0.4) is 0 Å². The number of nitrogens with zero attached hydrogens (tertiary/aromatic N) is 2. The van der Waals surface area contributed by atoms with Crippen LogP contribution in [0, 0.1) is 0 Å². The summed E-state index contributed by atoms with van der Waals surface area (Å²) in [7, 11) is 3.53. The van der Waals surface area contributed by atoms with Crippen LogP contribution in [-0.4, -0.2) is 54.7 Å². The summed E-state index contributed by atoms with van der Waals surface area (Å²) in [6.07, 6.45) is 2.01. The lowest BCUT2D eigenvalue weighted by Crippen LogP contribution is -2.50. The first-order valence-electron chi connectivity index (χ1n) is 6.64. The summed E-state index contributed by atoms with van der Waals surface area (Å²) in [5.74, 6) is 0.726. The second-order valence-corrected chi connectivity index (χ2v) is 5.23. The number of hydrogen-bond acceptors (Lipinski definition) is 4. The summed E-state index contributed by atoms with van der Waals surface area (Å²) < 4.78 is 5.39. The van der Waals surface area contributed by atoms with Gasteiger partial charge in [0.05, 0.1) is 26.3 Å². The average molecular weight is 274 g/mol. The van der Waals surface area contributed by atoms with Crippen molar-refractivity contribution in [3.63, 3.8) is 0 Å². The number of methoxy groups -OCH3 is 1. The van der Waals surface area contributed by atoms with Crippen LogP contribution < -0.4 is 4.74 Å². The normalized spacial score (nSPS) is 22.1. The van der Waals surface area contributed by atoms with E-state index in [2.05, 4.69) is 0 Å². The first-order valence-corrected chi connectivity index (χ1v) is 6.64. The number of carbonyl (C=O) groups is 1. The molecule has 0 bridgehead atoms. The molecule has 5 heteroatoms. The standard InChI is InChI=1S/C15H18N2O3/c1-16-7-11-6-10-4-3-5-13(20-2)15(10)12(9-18)17(11)14(19)8-16/h3-6,12,18H,7-9H2,1-2H3. The van der Waals surface area contributed by atoms with Gasteiger partial charge in [0.15, 0.2) is 0 Å². The Morgan fingerprint density at radius 1 is 1.40 bits per heavy atom. The predicted octanol–water partition coefficient (Wildman–Crippen LogP) is 0.857. The van der Waals surface area contributed by atoms with E-state index in [9.17, 15) is 9.90 Å². The fourth-order valence-corrected chi connectivity index (χ4v) is 3.07. The van der Waals surface area contributed by atoms with E-state index < -0.39 is 0 Å². The van der Waals surface area contributed by atoms with E-state index in [0.29, 0.717) is 18.8 Å². The van der Waals surface area contributed by atoms with Gasteiger partial charge in [-0.3, -0.25) is 9.69 Å². The Morgan fingerprint density at radius 2 is 2.20 bits per heavy atom. The Morgan fingerprint density at radius 3 is 2.90 bits per heavy atom. The van der Waals surface area contributed by atoms with Gasteiger partial charge in [-0.15, -0.1) is 0 Å². The molecule has 0 spiro atoms. The van der Waals surface area contributed by atoms with Crippen LogP contribution >= 0.6 is 0 Å². The molecule has 3 rings (SSSR count). The number of aliphatic hydroxyl groups excluding tert-OH is 1. The summed E-state index contributed by atoms with van der Waals surface area (Å²) in [6, 6.07) is 5.42. The Bertz CT molecular complexity index is 582. The molecule has 5 nitrogen and oxygen atoms in total. The molecular formula is C15H18N2O3. The Kier molecular flexibility index (Phi) is 3.23. The molecule has 2 aliphatic rings. The number of amides is 1. The van der Waals surface area contributed by atoms with Gasteiger partial charge in [0, 0.05) is 17.8 Å². The maximum Gasteiger partial charge on any atom is 0.241 e. The maximum absolute atomic E-state index is 12.3. The predicted molar refractivity (Wildman–Crippen MR) is 75.1 cm³/mol. The summed E-state index contributed by atoms with van der Waals surface area (Å²) in [4.78, 5) is 16.0. The zero-order valence-electron chi connectivity index (χ0n) is 11.7. The molecule has 1 atom stereocenters. The number of piperazine rings is 1. The minimum absolute atomic E-state index is 0.0145. The lowest BCUT2D eigenvalue weighted by molar-refractivity contribution is -0.135. The van der Waals surface area contributed by atoms with Gasteiger partial charge in [-0.1, -0.05) is 12.1 Å². The highest BCUT2D eigenvalue weighted by atomic mass is 16.5. The third kappa shape index (κ3) is 1.90. The molecule has 1 aromatic carbocycles. The van der Waals surface area contributed by atoms with Gasteiger partial charge in [-0.2, -0.15) is 0 Å². The molecule has 0 aliphatic carbocycles. The van der Waals surface area contributed by atoms with Crippen molar-refractivity contribution in [2.75, 3.05) is 33.9 Å². The molecule has 1 saturated heterocycles. The summed E-state index contributed by atoms with van der Waals surface area (Å²) in [6.45, 7) is 0.970. The van der Waals surface area contributed by atoms with Crippen LogP contribution in [0.1, 0.15) is 17.2 Å². The monoisotopic (exact) mass is 274 g/mol. The lowest BCUT2D eigenvalue weighted by atomic mass is 9.92. The molecule has 20 heavy (non-hydrogen) atoms. The molecule has 1 amide bonds. The van der Waals surface area contributed by atoms with Crippen molar-refractivity contribution >= 4 is 12.0 Å². The fourth-order valence-electron chi connectivity index (χ4n) is 3.07. The van der Waals surface area contributed by atoms with Gasteiger partial charge in [-0.25, -0.2) is 0 Å². The van der Waals surface area contributed by atoms with E-state index in [-0.39, 0.29) is 18.6 Å². The second kappa shape index (κ2) is 4.92. The molecule has 2 heterocycles. The maximum atomic E-state index is 12.3. The minimum Gasteiger partial charge on any atom is -0.496 e. The number of rotatable bonds is 2. The van der Waals surface area contributed by atoms with E-state index in [1.807, 2.05) is 36.2 Å². The van der Waals surface area contributed by atoms with Gasteiger partial charge in [-0.05, 0) is 24.8 Å². The second-order valence-electron chi connectivity index (χ2n) is 5.23. The van der Waals surface area contributed by atoms with E-state index in [1.165, 1.54) is 0 Å². The molecule has 106 valence electrons. The molecule has 1 N–H and O–H groups in total. The van der Waals surface area contributed by atoms with E-state index in [0.717, 1.165) is 16.8 Å². The van der Waals surface area contributed by atoms with Crippen molar-refractivity contribution in [3.8, 4) is 5.75 Å². The van der Waals surface area contributed by atoms with Gasteiger partial charge < -0.3 is 14.7 Å². The van der Waals surface area contributed by atoms with Crippen LogP contribution in [0.4, 0.5) is 0 Å². The molecule has 0 saturated carbocycles. The van der Waals surface area contributed by atoms with Crippen molar-refractivity contribution in [2.24, 2.45) is 0 Å². The van der Waals surface area contributed by atoms with Crippen molar-refractivity contribution in [2.45, 2.75) is 6.04 Å². The Labute approximate surface area is 118 Å². The van der Waals surface area contributed by atoms with Crippen molar-refractivity contribution in [1.29, 1.82) is 0 Å². The minimum atomic E-state index is -0.359. The van der Waals surface area contributed by atoms with Crippen LogP contribution in [0.25, 0.3) is 6.08 Å². The van der Waals surface area contributed by atoms with Crippen LogP contribution in [0.2, 0.25) is 0 Å². The van der Waals surface area contributed by atoms with Gasteiger partial charge in [0.1, 0.15) is 5.75 Å². The van der Waals surface area contributed by atoms with Crippen molar-refractivity contribution in [1.82, 2.24) is 9.80 Å². The third-order valence-electron chi connectivity index (χ3n) is 3.87. The van der Waals surface area contributed by atoms with Crippen molar-refractivity contribution < 1.29 is 14.6 Å².